The van der Waals surface area contributed by atoms with Crippen molar-refractivity contribution in [1.82, 2.24) is 10.2 Å². The van der Waals surface area contributed by atoms with Crippen LogP contribution in [0.2, 0.25) is 0 Å². The van der Waals surface area contributed by atoms with E-state index in [1.54, 1.807) is 0 Å². The summed E-state index contributed by atoms with van der Waals surface area (Å²) in [4.78, 5) is 14.1. The summed E-state index contributed by atoms with van der Waals surface area (Å²) in [5, 5.41) is 2.90. The lowest BCUT2D eigenvalue weighted by molar-refractivity contribution is -0.122. The van der Waals surface area contributed by atoms with Crippen LogP contribution in [0.1, 0.15) is 25.8 Å². The van der Waals surface area contributed by atoms with E-state index in [2.05, 4.69) is 36.2 Å². The number of nitrogens with zero attached hydrogens (tertiary/aromatic N) is 1. The van der Waals surface area contributed by atoms with Crippen LogP contribution >= 0.6 is 0 Å². The number of carbonyl (C=O) groups excluding carboxylic acids is 1. The smallest absolute Gasteiger partial charge is 0.236 e. The van der Waals surface area contributed by atoms with Gasteiger partial charge in [-0.25, -0.2) is 0 Å². The molecule has 0 saturated carbocycles. The van der Waals surface area contributed by atoms with Gasteiger partial charge in [-0.3, -0.25) is 4.79 Å². The maximum atomic E-state index is 11.9. The molecule has 0 spiro atoms. The van der Waals surface area contributed by atoms with Gasteiger partial charge in [-0.1, -0.05) is 30.3 Å². The number of amides is 1. The predicted octanol–water partition coefficient (Wildman–Crippen LogP) is 1.40. The summed E-state index contributed by atoms with van der Waals surface area (Å²) >= 11 is 0. The molecule has 0 saturated heterocycles. The van der Waals surface area contributed by atoms with Gasteiger partial charge >= 0.3 is 0 Å². The summed E-state index contributed by atoms with van der Waals surface area (Å²) in [6, 6.07) is 10.2. The Kier molecular flexibility index (Phi) is 7.26. The standard InChI is InChI=1S/C16H27N3O/c1-13(2)19(3)12-11-18-16(20)15(17)10-9-14-7-5-4-6-8-14/h4-8,13,15H,9-12,17H2,1-3H3,(H,18,20)/t15-/m0/s1. The Hall–Kier alpha value is -1.39. The molecule has 1 aromatic carbocycles. The lowest BCUT2D eigenvalue weighted by Crippen LogP contribution is -2.44. The van der Waals surface area contributed by atoms with Crippen LogP contribution in [-0.4, -0.2) is 43.0 Å². The summed E-state index contributed by atoms with van der Waals surface area (Å²) in [7, 11) is 2.05. The summed E-state index contributed by atoms with van der Waals surface area (Å²) in [5.41, 5.74) is 7.13. The molecule has 0 fully saturated rings. The number of aryl methyl sites for hydroxylation is 1. The fourth-order valence-corrected chi connectivity index (χ4v) is 1.84. The van der Waals surface area contributed by atoms with Gasteiger partial charge < -0.3 is 16.0 Å². The average Bonchev–Trinajstić information content (AvgIpc) is 2.45. The number of nitrogens with one attached hydrogen (secondary N) is 1. The topological polar surface area (TPSA) is 58.4 Å². The fraction of sp³-hybridized carbons (Fsp3) is 0.562. The third-order valence-corrected chi connectivity index (χ3v) is 3.57. The first-order valence-corrected chi connectivity index (χ1v) is 7.28. The predicted molar refractivity (Wildman–Crippen MR) is 83.5 cm³/mol. The largest absolute Gasteiger partial charge is 0.353 e. The van der Waals surface area contributed by atoms with E-state index < -0.39 is 6.04 Å². The normalized spacial score (nSPS) is 12.7. The third-order valence-electron chi connectivity index (χ3n) is 3.57. The molecular formula is C16H27N3O. The van der Waals surface area contributed by atoms with E-state index in [4.69, 9.17) is 5.73 Å². The molecule has 0 aliphatic rings. The molecule has 0 aliphatic carbocycles. The van der Waals surface area contributed by atoms with E-state index in [1.807, 2.05) is 25.2 Å². The van der Waals surface area contributed by atoms with Gasteiger partial charge in [0, 0.05) is 19.1 Å². The Morgan fingerprint density at radius 1 is 1.30 bits per heavy atom. The number of hydrogen-bond donors (Lipinski definition) is 2. The summed E-state index contributed by atoms with van der Waals surface area (Å²) in [6.45, 7) is 5.75. The highest BCUT2D eigenvalue weighted by atomic mass is 16.2. The second-order valence-corrected chi connectivity index (χ2v) is 5.50. The monoisotopic (exact) mass is 277 g/mol. The maximum Gasteiger partial charge on any atom is 0.236 e. The second kappa shape index (κ2) is 8.72. The fourth-order valence-electron chi connectivity index (χ4n) is 1.84. The van der Waals surface area contributed by atoms with Gasteiger partial charge in [-0.15, -0.1) is 0 Å². The molecule has 0 aromatic heterocycles. The molecule has 1 atom stereocenters. The Bertz CT molecular complexity index is 392. The van der Waals surface area contributed by atoms with Gasteiger partial charge in [-0.2, -0.15) is 0 Å². The molecule has 0 heterocycles. The van der Waals surface area contributed by atoms with E-state index in [9.17, 15) is 4.79 Å². The van der Waals surface area contributed by atoms with Crippen molar-refractivity contribution in [2.75, 3.05) is 20.1 Å². The average molecular weight is 277 g/mol. The zero-order chi connectivity index (χ0) is 15.0. The Morgan fingerprint density at radius 2 is 1.95 bits per heavy atom. The minimum atomic E-state index is -0.431. The number of rotatable bonds is 8. The molecule has 0 unspecified atom stereocenters. The number of likely N-dealkylation sites (N-methyl/N-ethyl adjacent to an activating group) is 1. The Labute approximate surface area is 122 Å². The number of carbonyl (C=O) groups is 1. The van der Waals surface area contributed by atoms with Crippen LogP contribution in [0.3, 0.4) is 0 Å². The molecule has 1 amide bonds. The molecule has 4 heteroatoms. The van der Waals surface area contributed by atoms with Gasteiger partial charge in [0.15, 0.2) is 0 Å². The number of nitrogens with two attached hydrogens (primary N) is 1. The number of hydrogen-bond acceptors (Lipinski definition) is 3. The Morgan fingerprint density at radius 3 is 2.55 bits per heavy atom. The van der Waals surface area contributed by atoms with Crippen LogP contribution in [0.4, 0.5) is 0 Å². The SMILES string of the molecule is CC(C)N(C)CCNC(=O)[C@@H](N)CCc1ccccc1. The summed E-state index contributed by atoms with van der Waals surface area (Å²) in [5.74, 6) is -0.0573. The van der Waals surface area contributed by atoms with Crippen molar-refractivity contribution < 1.29 is 4.79 Å². The highest BCUT2D eigenvalue weighted by Crippen LogP contribution is 2.04. The quantitative estimate of drug-likeness (QED) is 0.755. The summed E-state index contributed by atoms with van der Waals surface area (Å²) < 4.78 is 0. The van der Waals surface area contributed by atoms with E-state index >= 15 is 0 Å². The highest BCUT2D eigenvalue weighted by molar-refractivity contribution is 5.81. The van der Waals surface area contributed by atoms with Gasteiger partial charge in [0.2, 0.25) is 5.91 Å². The molecule has 0 radical (unpaired) electrons. The van der Waals surface area contributed by atoms with Crippen LogP contribution in [-0.2, 0) is 11.2 Å². The minimum Gasteiger partial charge on any atom is -0.353 e. The highest BCUT2D eigenvalue weighted by Gasteiger charge is 2.13. The molecule has 0 aliphatic heterocycles. The first-order chi connectivity index (χ1) is 9.50. The van der Waals surface area contributed by atoms with Crippen molar-refractivity contribution in [3.8, 4) is 0 Å². The molecule has 1 rings (SSSR count). The molecule has 3 N–H and O–H groups in total. The van der Waals surface area contributed by atoms with Crippen molar-refractivity contribution in [3.05, 3.63) is 35.9 Å². The van der Waals surface area contributed by atoms with E-state index in [0.717, 1.165) is 13.0 Å². The van der Waals surface area contributed by atoms with E-state index in [-0.39, 0.29) is 5.91 Å². The van der Waals surface area contributed by atoms with Crippen molar-refractivity contribution in [2.45, 2.75) is 38.8 Å². The molecule has 20 heavy (non-hydrogen) atoms. The van der Waals surface area contributed by atoms with Crippen molar-refractivity contribution in [3.63, 3.8) is 0 Å². The molecule has 4 nitrogen and oxygen atoms in total. The molecule has 112 valence electrons. The molecule has 0 bridgehead atoms. The number of benzene rings is 1. The van der Waals surface area contributed by atoms with Crippen molar-refractivity contribution in [2.24, 2.45) is 5.73 Å². The van der Waals surface area contributed by atoms with Crippen LogP contribution in [0, 0.1) is 0 Å². The van der Waals surface area contributed by atoms with Crippen LogP contribution < -0.4 is 11.1 Å². The minimum absolute atomic E-state index is 0.0573. The summed E-state index contributed by atoms with van der Waals surface area (Å²) in [6.07, 6.45) is 1.51. The van der Waals surface area contributed by atoms with Crippen LogP contribution in [0.15, 0.2) is 30.3 Å². The maximum absolute atomic E-state index is 11.9. The van der Waals surface area contributed by atoms with Crippen LogP contribution in [0.25, 0.3) is 0 Å². The van der Waals surface area contributed by atoms with Crippen molar-refractivity contribution in [1.29, 1.82) is 0 Å². The van der Waals surface area contributed by atoms with Gasteiger partial charge in [0.1, 0.15) is 0 Å². The second-order valence-electron chi connectivity index (χ2n) is 5.50. The zero-order valence-electron chi connectivity index (χ0n) is 12.8. The first-order valence-electron chi connectivity index (χ1n) is 7.28. The molecular weight excluding hydrogens is 250 g/mol. The van der Waals surface area contributed by atoms with Crippen molar-refractivity contribution >= 4 is 5.91 Å². The third kappa shape index (κ3) is 6.17. The van der Waals surface area contributed by atoms with E-state index in [1.165, 1.54) is 5.56 Å². The Balaban J connectivity index is 2.22. The van der Waals surface area contributed by atoms with Crippen LogP contribution in [0.5, 0.6) is 0 Å². The van der Waals surface area contributed by atoms with Gasteiger partial charge in [0.25, 0.3) is 0 Å². The van der Waals surface area contributed by atoms with E-state index in [0.29, 0.717) is 19.0 Å². The van der Waals surface area contributed by atoms with Gasteiger partial charge in [0.05, 0.1) is 6.04 Å². The lowest BCUT2D eigenvalue weighted by Gasteiger charge is -2.21. The first kappa shape index (κ1) is 16.7. The lowest BCUT2D eigenvalue weighted by atomic mass is 10.1. The molecule has 1 aromatic rings. The van der Waals surface area contributed by atoms with Gasteiger partial charge in [-0.05, 0) is 39.3 Å². The zero-order valence-corrected chi connectivity index (χ0v) is 12.8.